The molecule has 0 aliphatic rings. The van der Waals surface area contributed by atoms with Gasteiger partial charge in [0, 0.05) is 4.47 Å². The first kappa shape index (κ1) is 18.5. The Morgan fingerprint density at radius 2 is 1.22 bits per heavy atom. The van der Waals surface area contributed by atoms with Crippen LogP contribution in [0.1, 0.15) is 79.0 Å². The van der Waals surface area contributed by atoms with Gasteiger partial charge in [0.15, 0.2) is 0 Å². The van der Waals surface area contributed by atoms with Crippen molar-refractivity contribution in [3.8, 4) is 0 Å². The molecule has 0 radical (unpaired) electrons. The van der Waals surface area contributed by atoms with Crippen LogP contribution in [0.2, 0.25) is 0 Å². The van der Waals surface area contributed by atoms with Crippen molar-refractivity contribution in [2.45, 2.75) is 78.6 Å². The third-order valence-corrected chi connectivity index (χ3v) is 5.08. The van der Waals surface area contributed by atoms with Crippen molar-refractivity contribution in [3.05, 3.63) is 45.4 Å². The molecule has 0 saturated heterocycles. The Balaban J connectivity index is 3.17. The molecular formula is C22H31Br. The molecule has 2 rings (SSSR count). The summed E-state index contributed by atoms with van der Waals surface area (Å²) in [6.07, 6.45) is 0. The Bertz CT molecular complexity index is 732. The van der Waals surface area contributed by atoms with E-state index >= 15 is 0 Å². The fourth-order valence-corrected chi connectivity index (χ4v) is 4.11. The van der Waals surface area contributed by atoms with Crippen LogP contribution in [0.5, 0.6) is 0 Å². The molecule has 0 saturated carbocycles. The number of rotatable bonds is 0. The second-order valence-corrected chi connectivity index (χ2v) is 10.6. The lowest BCUT2D eigenvalue weighted by Crippen LogP contribution is -2.28. The Morgan fingerprint density at radius 3 is 1.65 bits per heavy atom. The second-order valence-electron chi connectivity index (χ2n) is 9.76. The van der Waals surface area contributed by atoms with Gasteiger partial charge in [-0.05, 0) is 49.8 Å². The molecule has 0 heterocycles. The monoisotopic (exact) mass is 374 g/mol. The van der Waals surface area contributed by atoms with Crippen molar-refractivity contribution in [1.29, 1.82) is 0 Å². The van der Waals surface area contributed by atoms with Crippen LogP contribution in [0, 0.1) is 0 Å². The molecule has 126 valence electrons. The SMILES string of the molecule is CC(C)(C)c1cc2cccc(Br)c2c(C(C)(C)C)c1C(C)(C)C. The van der Waals surface area contributed by atoms with Crippen molar-refractivity contribution >= 4 is 26.7 Å². The summed E-state index contributed by atoms with van der Waals surface area (Å²) in [4.78, 5) is 0. The number of halogens is 1. The standard InChI is InChI=1S/C22H31Br/c1-20(2,3)15-13-14-11-10-12-16(23)17(14)19(22(7,8)9)18(15)21(4,5)6/h10-13H,1-9H3. The van der Waals surface area contributed by atoms with Gasteiger partial charge in [0.1, 0.15) is 0 Å². The van der Waals surface area contributed by atoms with Crippen LogP contribution >= 0.6 is 15.9 Å². The molecular weight excluding hydrogens is 344 g/mol. The minimum Gasteiger partial charge on any atom is -0.0605 e. The van der Waals surface area contributed by atoms with E-state index in [9.17, 15) is 0 Å². The van der Waals surface area contributed by atoms with Gasteiger partial charge in [0.2, 0.25) is 0 Å². The minimum absolute atomic E-state index is 0.0893. The molecule has 0 aromatic heterocycles. The first-order valence-corrected chi connectivity index (χ1v) is 9.30. The van der Waals surface area contributed by atoms with Crippen LogP contribution < -0.4 is 0 Å². The zero-order chi connectivity index (χ0) is 17.8. The van der Waals surface area contributed by atoms with Crippen LogP contribution in [-0.4, -0.2) is 0 Å². The van der Waals surface area contributed by atoms with Crippen molar-refractivity contribution in [2.75, 3.05) is 0 Å². The lowest BCUT2D eigenvalue weighted by molar-refractivity contribution is 0.501. The number of hydrogen-bond donors (Lipinski definition) is 0. The normalized spacial score (nSPS) is 13.7. The summed E-state index contributed by atoms with van der Waals surface area (Å²) in [5, 5.41) is 2.71. The Morgan fingerprint density at radius 1 is 0.696 bits per heavy atom. The molecule has 0 aliphatic heterocycles. The maximum Gasteiger partial charge on any atom is 0.0256 e. The first-order valence-electron chi connectivity index (χ1n) is 8.51. The van der Waals surface area contributed by atoms with Gasteiger partial charge in [0.25, 0.3) is 0 Å². The summed E-state index contributed by atoms with van der Waals surface area (Å²) in [6.45, 7) is 21.0. The summed E-state index contributed by atoms with van der Waals surface area (Å²) >= 11 is 3.82. The average molecular weight is 375 g/mol. The molecule has 0 amide bonds. The van der Waals surface area contributed by atoms with Gasteiger partial charge in [-0.25, -0.2) is 0 Å². The Labute approximate surface area is 150 Å². The highest BCUT2D eigenvalue weighted by Gasteiger charge is 2.33. The minimum atomic E-state index is 0.0893. The van der Waals surface area contributed by atoms with Crippen molar-refractivity contribution in [3.63, 3.8) is 0 Å². The van der Waals surface area contributed by atoms with Crippen LogP contribution in [0.15, 0.2) is 28.7 Å². The summed E-state index contributed by atoms with van der Waals surface area (Å²) in [7, 11) is 0. The molecule has 2 aromatic rings. The molecule has 0 aliphatic carbocycles. The summed E-state index contributed by atoms with van der Waals surface area (Å²) in [6, 6.07) is 8.97. The molecule has 1 heteroatoms. The highest BCUT2D eigenvalue weighted by atomic mass is 79.9. The van der Waals surface area contributed by atoms with Gasteiger partial charge >= 0.3 is 0 Å². The van der Waals surface area contributed by atoms with E-state index in [1.54, 1.807) is 0 Å². The first-order chi connectivity index (χ1) is 10.2. The van der Waals surface area contributed by atoms with Gasteiger partial charge in [-0.3, -0.25) is 0 Å². The molecule has 23 heavy (non-hydrogen) atoms. The highest BCUT2D eigenvalue weighted by molar-refractivity contribution is 9.10. The van der Waals surface area contributed by atoms with E-state index < -0.39 is 0 Å². The average Bonchev–Trinajstić information content (AvgIpc) is 2.33. The predicted octanol–water partition coefficient (Wildman–Crippen LogP) is 7.49. The zero-order valence-electron chi connectivity index (χ0n) is 16.2. The van der Waals surface area contributed by atoms with Gasteiger partial charge in [-0.1, -0.05) is 96.4 Å². The molecule has 0 spiro atoms. The smallest absolute Gasteiger partial charge is 0.0256 e. The van der Waals surface area contributed by atoms with Crippen molar-refractivity contribution < 1.29 is 0 Å². The summed E-state index contributed by atoms with van der Waals surface area (Å²) in [5.41, 5.74) is 4.79. The number of benzene rings is 2. The van der Waals surface area contributed by atoms with E-state index in [1.165, 1.54) is 31.9 Å². The van der Waals surface area contributed by atoms with E-state index in [2.05, 4.69) is 103 Å². The summed E-state index contributed by atoms with van der Waals surface area (Å²) < 4.78 is 1.20. The zero-order valence-corrected chi connectivity index (χ0v) is 17.8. The van der Waals surface area contributed by atoms with Crippen molar-refractivity contribution in [2.24, 2.45) is 0 Å². The topological polar surface area (TPSA) is 0 Å². The Kier molecular flexibility index (Phi) is 4.52. The molecule has 0 N–H and O–H groups in total. The number of hydrogen-bond acceptors (Lipinski definition) is 0. The molecule has 2 aromatic carbocycles. The quantitative estimate of drug-likeness (QED) is 0.447. The van der Waals surface area contributed by atoms with Gasteiger partial charge in [0.05, 0.1) is 0 Å². The predicted molar refractivity (Wildman–Crippen MR) is 108 cm³/mol. The van der Waals surface area contributed by atoms with Gasteiger partial charge < -0.3 is 0 Å². The summed E-state index contributed by atoms with van der Waals surface area (Å²) in [5.74, 6) is 0. The van der Waals surface area contributed by atoms with Gasteiger partial charge in [-0.15, -0.1) is 0 Å². The van der Waals surface area contributed by atoms with Crippen LogP contribution in [-0.2, 0) is 16.2 Å². The van der Waals surface area contributed by atoms with E-state index in [0.29, 0.717) is 0 Å². The van der Waals surface area contributed by atoms with Crippen LogP contribution in [0.3, 0.4) is 0 Å². The van der Waals surface area contributed by atoms with Gasteiger partial charge in [-0.2, -0.15) is 0 Å². The van der Waals surface area contributed by atoms with E-state index in [1.807, 2.05) is 0 Å². The maximum absolute atomic E-state index is 3.82. The largest absolute Gasteiger partial charge is 0.0605 e. The molecule has 0 bridgehead atoms. The van der Waals surface area contributed by atoms with E-state index in [0.717, 1.165) is 0 Å². The second kappa shape index (κ2) is 5.62. The van der Waals surface area contributed by atoms with Crippen LogP contribution in [0.25, 0.3) is 10.8 Å². The number of fused-ring (bicyclic) bond motifs is 1. The third kappa shape index (κ3) is 3.50. The van der Waals surface area contributed by atoms with E-state index in [4.69, 9.17) is 0 Å². The molecule has 0 atom stereocenters. The van der Waals surface area contributed by atoms with Crippen LogP contribution in [0.4, 0.5) is 0 Å². The highest BCUT2D eigenvalue weighted by Crippen LogP contribution is 2.46. The van der Waals surface area contributed by atoms with Crippen molar-refractivity contribution in [1.82, 2.24) is 0 Å². The fourth-order valence-electron chi connectivity index (χ4n) is 3.53. The lowest BCUT2D eigenvalue weighted by Gasteiger charge is -2.37. The lowest BCUT2D eigenvalue weighted by atomic mass is 9.67. The third-order valence-electron chi connectivity index (χ3n) is 4.42. The molecule has 0 unspecified atom stereocenters. The maximum atomic E-state index is 3.82. The van der Waals surface area contributed by atoms with E-state index in [-0.39, 0.29) is 16.2 Å². The molecule has 0 fully saturated rings. The fraction of sp³-hybridized carbons (Fsp3) is 0.545. The molecule has 0 nitrogen and oxygen atoms in total. The Hall–Kier alpha value is -0.820.